The molecule has 2 aromatic rings. The van der Waals surface area contributed by atoms with Crippen molar-refractivity contribution in [3.63, 3.8) is 0 Å². The summed E-state index contributed by atoms with van der Waals surface area (Å²) in [5, 5.41) is 17.6. The Balaban J connectivity index is 1.67. The van der Waals surface area contributed by atoms with Gasteiger partial charge in [-0.15, -0.1) is 0 Å². The first-order chi connectivity index (χ1) is 12.6. The number of nitrogens with one attached hydrogen (secondary N) is 2. The Bertz CT molecular complexity index is 775. The number of fused-ring (bicyclic) bond motifs is 1. The van der Waals surface area contributed by atoms with Crippen molar-refractivity contribution in [2.75, 3.05) is 20.2 Å². The maximum atomic E-state index is 11.1. The van der Waals surface area contributed by atoms with Crippen molar-refractivity contribution >= 4 is 5.96 Å². The van der Waals surface area contributed by atoms with Crippen LogP contribution in [-0.2, 0) is 18.6 Å². The van der Waals surface area contributed by atoms with E-state index in [2.05, 4.69) is 21.7 Å². The summed E-state index contributed by atoms with van der Waals surface area (Å²) in [4.78, 5) is 4.63. The van der Waals surface area contributed by atoms with Gasteiger partial charge in [0.15, 0.2) is 5.96 Å². The maximum absolute atomic E-state index is 11.1. The molecule has 0 aromatic heterocycles. The largest absolute Gasteiger partial charge is 0.497 e. The number of benzene rings is 2. The number of aryl methyl sites for hydroxylation is 1. The van der Waals surface area contributed by atoms with Crippen molar-refractivity contribution in [1.82, 2.24) is 10.6 Å². The molecule has 1 aliphatic carbocycles. The van der Waals surface area contributed by atoms with Crippen LogP contribution in [0.1, 0.15) is 30.0 Å². The molecule has 3 N–H and O–H groups in total. The summed E-state index contributed by atoms with van der Waals surface area (Å²) >= 11 is 0. The Hall–Kier alpha value is -2.53. The molecule has 138 valence electrons. The van der Waals surface area contributed by atoms with E-state index >= 15 is 0 Å². The topological polar surface area (TPSA) is 65.9 Å². The van der Waals surface area contributed by atoms with Crippen molar-refractivity contribution in [2.24, 2.45) is 4.99 Å². The van der Waals surface area contributed by atoms with Gasteiger partial charge in [-0.05, 0) is 48.6 Å². The van der Waals surface area contributed by atoms with Gasteiger partial charge in [-0.1, -0.05) is 36.4 Å². The van der Waals surface area contributed by atoms with Gasteiger partial charge in [0.1, 0.15) is 11.4 Å². The quantitative estimate of drug-likeness (QED) is 0.552. The Morgan fingerprint density at radius 2 is 2.04 bits per heavy atom. The van der Waals surface area contributed by atoms with Crippen LogP contribution < -0.4 is 15.4 Å². The standard InChI is InChI=1S/C21H27N3O2/c1-3-22-20(23-14-16-7-6-9-18(13-16)26-2)24-15-21(25)12-11-17-8-4-5-10-19(17)21/h4-10,13,25H,3,11-12,14-15H2,1-2H3,(H2,22,23,24). The van der Waals surface area contributed by atoms with Gasteiger partial charge in [0.25, 0.3) is 0 Å². The second-order valence-electron chi connectivity index (χ2n) is 6.59. The van der Waals surface area contributed by atoms with Gasteiger partial charge in [-0.2, -0.15) is 0 Å². The molecule has 0 fully saturated rings. The molecule has 26 heavy (non-hydrogen) atoms. The fourth-order valence-corrected chi connectivity index (χ4v) is 3.36. The van der Waals surface area contributed by atoms with E-state index in [-0.39, 0.29) is 0 Å². The van der Waals surface area contributed by atoms with Gasteiger partial charge in [-0.25, -0.2) is 4.99 Å². The molecule has 1 atom stereocenters. The number of aliphatic hydroxyl groups is 1. The van der Waals surface area contributed by atoms with Crippen LogP contribution in [0.25, 0.3) is 0 Å². The van der Waals surface area contributed by atoms with Crippen LogP contribution in [0, 0.1) is 0 Å². The monoisotopic (exact) mass is 353 g/mol. The molecule has 5 heteroatoms. The Kier molecular flexibility index (Phi) is 5.78. The third-order valence-electron chi connectivity index (χ3n) is 4.77. The number of rotatable bonds is 6. The highest BCUT2D eigenvalue weighted by Crippen LogP contribution is 2.36. The second kappa shape index (κ2) is 8.23. The van der Waals surface area contributed by atoms with Crippen molar-refractivity contribution in [1.29, 1.82) is 0 Å². The third-order valence-corrected chi connectivity index (χ3v) is 4.77. The van der Waals surface area contributed by atoms with Crippen LogP contribution in [0.15, 0.2) is 53.5 Å². The summed E-state index contributed by atoms with van der Waals surface area (Å²) in [5.41, 5.74) is 2.49. The number of guanidine groups is 1. The zero-order chi connectivity index (χ0) is 18.4. The van der Waals surface area contributed by atoms with E-state index < -0.39 is 5.60 Å². The molecule has 3 rings (SSSR count). The molecule has 0 radical (unpaired) electrons. The molecular formula is C21H27N3O2. The van der Waals surface area contributed by atoms with E-state index in [4.69, 9.17) is 4.74 Å². The van der Waals surface area contributed by atoms with Crippen LogP contribution in [0.4, 0.5) is 0 Å². The van der Waals surface area contributed by atoms with Crippen LogP contribution in [0.2, 0.25) is 0 Å². The van der Waals surface area contributed by atoms with Gasteiger partial charge < -0.3 is 20.5 Å². The lowest BCUT2D eigenvalue weighted by Gasteiger charge is -2.25. The lowest BCUT2D eigenvalue weighted by molar-refractivity contribution is 0.0432. The number of nitrogens with zero attached hydrogens (tertiary/aromatic N) is 1. The van der Waals surface area contributed by atoms with Crippen molar-refractivity contribution in [2.45, 2.75) is 31.9 Å². The molecule has 0 spiro atoms. The maximum Gasteiger partial charge on any atom is 0.191 e. The number of ether oxygens (including phenoxy) is 1. The Labute approximate surface area is 155 Å². The van der Waals surface area contributed by atoms with Crippen LogP contribution in [-0.4, -0.2) is 31.3 Å². The third kappa shape index (κ3) is 4.17. The molecule has 1 aliphatic rings. The van der Waals surface area contributed by atoms with E-state index in [9.17, 15) is 5.11 Å². The van der Waals surface area contributed by atoms with Crippen molar-refractivity contribution < 1.29 is 9.84 Å². The van der Waals surface area contributed by atoms with Crippen LogP contribution in [0.5, 0.6) is 5.75 Å². The van der Waals surface area contributed by atoms with E-state index in [0.29, 0.717) is 19.0 Å². The molecule has 5 nitrogen and oxygen atoms in total. The summed E-state index contributed by atoms with van der Waals surface area (Å²) in [7, 11) is 1.66. The van der Waals surface area contributed by atoms with Crippen molar-refractivity contribution in [3.8, 4) is 5.75 Å². The smallest absolute Gasteiger partial charge is 0.191 e. The molecule has 1 unspecified atom stereocenters. The minimum absolute atomic E-state index is 0.438. The molecule has 0 saturated carbocycles. The molecule has 0 bridgehead atoms. The predicted molar refractivity (Wildman–Crippen MR) is 104 cm³/mol. The van der Waals surface area contributed by atoms with E-state index in [0.717, 1.165) is 36.3 Å². The SMILES string of the molecule is CCNC(=NCc1cccc(OC)c1)NCC1(O)CCc2ccccc21. The zero-order valence-electron chi connectivity index (χ0n) is 15.5. The molecule has 0 aliphatic heterocycles. The van der Waals surface area contributed by atoms with Crippen LogP contribution in [0.3, 0.4) is 0 Å². The normalized spacial score (nSPS) is 19.1. The van der Waals surface area contributed by atoms with Crippen molar-refractivity contribution in [3.05, 3.63) is 65.2 Å². The number of methoxy groups -OCH3 is 1. The van der Waals surface area contributed by atoms with Gasteiger partial charge in [0.2, 0.25) is 0 Å². The van der Waals surface area contributed by atoms with Gasteiger partial charge >= 0.3 is 0 Å². The second-order valence-corrected chi connectivity index (χ2v) is 6.59. The predicted octanol–water partition coefficient (Wildman–Crippen LogP) is 2.58. The lowest BCUT2D eigenvalue weighted by Crippen LogP contribution is -2.45. The fraction of sp³-hybridized carbons (Fsp3) is 0.381. The van der Waals surface area contributed by atoms with Gasteiger partial charge in [0.05, 0.1) is 20.2 Å². The van der Waals surface area contributed by atoms with E-state index in [1.165, 1.54) is 5.56 Å². The Morgan fingerprint density at radius 1 is 1.19 bits per heavy atom. The summed E-state index contributed by atoms with van der Waals surface area (Å²) < 4.78 is 5.26. The lowest BCUT2D eigenvalue weighted by atomic mass is 9.96. The fourth-order valence-electron chi connectivity index (χ4n) is 3.36. The minimum Gasteiger partial charge on any atom is -0.497 e. The molecule has 0 heterocycles. The van der Waals surface area contributed by atoms with Gasteiger partial charge in [-0.3, -0.25) is 0 Å². The molecule has 0 saturated heterocycles. The van der Waals surface area contributed by atoms with E-state index in [1.807, 2.05) is 49.4 Å². The summed E-state index contributed by atoms with van der Waals surface area (Å²) in [6, 6.07) is 16.0. The highest BCUT2D eigenvalue weighted by Gasteiger charge is 2.36. The van der Waals surface area contributed by atoms with Crippen LogP contribution >= 0.6 is 0 Å². The summed E-state index contributed by atoms with van der Waals surface area (Å²) in [6.07, 6.45) is 1.64. The van der Waals surface area contributed by atoms with Gasteiger partial charge in [0, 0.05) is 6.54 Å². The summed E-state index contributed by atoms with van der Waals surface area (Å²) in [6.45, 7) is 3.77. The number of hydrogen-bond donors (Lipinski definition) is 3. The number of hydrogen-bond acceptors (Lipinski definition) is 3. The highest BCUT2D eigenvalue weighted by atomic mass is 16.5. The van der Waals surface area contributed by atoms with E-state index in [1.54, 1.807) is 7.11 Å². The first kappa shape index (κ1) is 18.3. The Morgan fingerprint density at radius 3 is 2.85 bits per heavy atom. The first-order valence-corrected chi connectivity index (χ1v) is 9.10. The average molecular weight is 353 g/mol. The molecule has 2 aromatic carbocycles. The summed E-state index contributed by atoms with van der Waals surface area (Å²) in [5.74, 6) is 1.53. The average Bonchev–Trinajstić information content (AvgIpc) is 3.02. The zero-order valence-corrected chi connectivity index (χ0v) is 15.5. The molecule has 0 amide bonds. The molecular weight excluding hydrogens is 326 g/mol. The minimum atomic E-state index is -0.844. The first-order valence-electron chi connectivity index (χ1n) is 9.10. The highest BCUT2D eigenvalue weighted by molar-refractivity contribution is 5.79. The number of aliphatic imine (C=N–C) groups is 1.